The van der Waals surface area contributed by atoms with Gasteiger partial charge in [0.05, 0.1) is 23.4 Å². The molecule has 2 heterocycles. The molecule has 24 heavy (non-hydrogen) atoms. The van der Waals surface area contributed by atoms with Crippen LogP contribution in [-0.2, 0) is 16.1 Å². The van der Waals surface area contributed by atoms with Gasteiger partial charge in [-0.15, -0.1) is 0 Å². The number of β-amino-alcohol motifs (C(OH)–C–C–N with tert-alkyl or cyclic N) is 1. The van der Waals surface area contributed by atoms with Crippen LogP contribution in [0.3, 0.4) is 0 Å². The number of carbonyl (C=O) groups excluding carboxylic acids is 2. The summed E-state index contributed by atoms with van der Waals surface area (Å²) in [6, 6.07) is -0.382. The zero-order valence-electron chi connectivity index (χ0n) is 14.7. The van der Waals surface area contributed by atoms with E-state index in [0.29, 0.717) is 30.8 Å². The minimum Gasteiger partial charge on any atom is -0.389 e. The molecular weight excluding hydrogens is 312 g/mol. The van der Waals surface area contributed by atoms with Crippen molar-refractivity contribution in [3.63, 3.8) is 0 Å². The second kappa shape index (κ2) is 7.76. The number of rotatable bonds is 5. The standard InChI is InChI=1S/C16H26N4O4/c1-5-20-11(3)15(10(2)18-20)16(23)17-12-6-7-19(8-13(12)21)14(22)9-24-4/h12-13,21H,5-9H2,1-4H3,(H,17,23)/t12-,13-/m1/s1. The Kier molecular flexibility index (Phi) is 5.95. The Balaban J connectivity index is 2.01. The molecule has 1 aliphatic heterocycles. The quantitative estimate of drug-likeness (QED) is 0.779. The third-order valence-electron chi connectivity index (χ3n) is 4.43. The maximum atomic E-state index is 12.6. The lowest BCUT2D eigenvalue weighted by Gasteiger charge is -2.36. The highest BCUT2D eigenvalue weighted by molar-refractivity contribution is 5.96. The fourth-order valence-corrected chi connectivity index (χ4v) is 3.12. The Labute approximate surface area is 141 Å². The van der Waals surface area contributed by atoms with E-state index in [4.69, 9.17) is 4.74 Å². The van der Waals surface area contributed by atoms with Gasteiger partial charge in [-0.25, -0.2) is 0 Å². The highest BCUT2D eigenvalue weighted by Gasteiger charge is 2.32. The summed E-state index contributed by atoms with van der Waals surface area (Å²) in [6.07, 6.45) is -0.298. The van der Waals surface area contributed by atoms with Crippen LogP contribution in [0.15, 0.2) is 0 Å². The molecule has 8 heteroatoms. The molecule has 2 rings (SSSR count). The molecule has 1 fully saturated rings. The molecule has 0 aliphatic carbocycles. The van der Waals surface area contributed by atoms with E-state index in [0.717, 1.165) is 5.69 Å². The van der Waals surface area contributed by atoms with Gasteiger partial charge in [-0.05, 0) is 27.2 Å². The van der Waals surface area contributed by atoms with Crippen LogP contribution in [-0.4, -0.2) is 70.6 Å². The normalized spacial score (nSPS) is 21.0. The van der Waals surface area contributed by atoms with Gasteiger partial charge < -0.3 is 20.1 Å². The molecule has 2 amide bonds. The third-order valence-corrected chi connectivity index (χ3v) is 4.43. The van der Waals surface area contributed by atoms with Crippen LogP contribution in [0.5, 0.6) is 0 Å². The largest absolute Gasteiger partial charge is 0.389 e. The number of likely N-dealkylation sites (tertiary alicyclic amines) is 1. The number of aliphatic hydroxyl groups excluding tert-OH is 1. The summed E-state index contributed by atoms with van der Waals surface area (Å²) in [5.41, 5.74) is 2.05. The number of hydrogen-bond acceptors (Lipinski definition) is 5. The van der Waals surface area contributed by atoms with E-state index in [2.05, 4.69) is 10.4 Å². The first kappa shape index (κ1) is 18.4. The predicted octanol–water partition coefficient (Wildman–Crippen LogP) is -0.142. The van der Waals surface area contributed by atoms with Crippen LogP contribution in [0.4, 0.5) is 0 Å². The molecule has 1 aliphatic rings. The topological polar surface area (TPSA) is 96.7 Å². The predicted molar refractivity (Wildman–Crippen MR) is 87.7 cm³/mol. The molecule has 0 aromatic carbocycles. The van der Waals surface area contributed by atoms with Crippen LogP contribution < -0.4 is 5.32 Å². The first-order valence-corrected chi connectivity index (χ1v) is 8.18. The van der Waals surface area contributed by atoms with Crippen LogP contribution in [0, 0.1) is 13.8 Å². The summed E-state index contributed by atoms with van der Waals surface area (Å²) < 4.78 is 6.61. The van der Waals surface area contributed by atoms with E-state index >= 15 is 0 Å². The fourth-order valence-electron chi connectivity index (χ4n) is 3.12. The van der Waals surface area contributed by atoms with Gasteiger partial charge in [0.15, 0.2) is 0 Å². The SMILES string of the molecule is CCn1nc(C)c(C(=O)N[C@@H]2CCN(C(=O)COC)C[C@H]2O)c1C. The number of hydrogen-bond donors (Lipinski definition) is 2. The van der Waals surface area contributed by atoms with Crippen molar-refractivity contribution in [3.8, 4) is 0 Å². The maximum Gasteiger partial charge on any atom is 0.255 e. The summed E-state index contributed by atoms with van der Waals surface area (Å²) in [4.78, 5) is 25.9. The number of aryl methyl sites for hydroxylation is 2. The van der Waals surface area contributed by atoms with Crippen LogP contribution in [0.25, 0.3) is 0 Å². The maximum absolute atomic E-state index is 12.6. The molecule has 8 nitrogen and oxygen atoms in total. The monoisotopic (exact) mass is 338 g/mol. The van der Waals surface area contributed by atoms with Crippen molar-refractivity contribution in [3.05, 3.63) is 17.0 Å². The van der Waals surface area contributed by atoms with Gasteiger partial charge in [-0.2, -0.15) is 5.10 Å². The fraction of sp³-hybridized carbons (Fsp3) is 0.688. The Morgan fingerprint density at radius 2 is 2.12 bits per heavy atom. The second-order valence-electron chi connectivity index (χ2n) is 6.07. The van der Waals surface area contributed by atoms with Crippen molar-refractivity contribution in [2.75, 3.05) is 26.8 Å². The van der Waals surface area contributed by atoms with Crippen molar-refractivity contribution < 1.29 is 19.4 Å². The zero-order valence-corrected chi connectivity index (χ0v) is 14.7. The molecule has 1 saturated heterocycles. The molecule has 0 bridgehead atoms. The second-order valence-corrected chi connectivity index (χ2v) is 6.07. The first-order valence-electron chi connectivity index (χ1n) is 8.18. The van der Waals surface area contributed by atoms with Crippen LogP contribution in [0.1, 0.15) is 35.1 Å². The zero-order chi connectivity index (χ0) is 17.9. The Bertz CT molecular complexity index is 613. The number of nitrogens with zero attached hydrogens (tertiary/aromatic N) is 3. The molecule has 134 valence electrons. The lowest BCUT2D eigenvalue weighted by molar-refractivity contribution is -0.138. The van der Waals surface area contributed by atoms with E-state index in [1.54, 1.807) is 16.5 Å². The van der Waals surface area contributed by atoms with Crippen LogP contribution in [0.2, 0.25) is 0 Å². The number of ether oxygens (including phenoxy) is 1. The highest BCUT2D eigenvalue weighted by Crippen LogP contribution is 2.16. The van der Waals surface area contributed by atoms with Crippen molar-refractivity contribution in [2.45, 2.75) is 45.9 Å². The number of methoxy groups -OCH3 is 1. The minimum absolute atomic E-state index is 0.00165. The third kappa shape index (κ3) is 3.76. The molecule has 0 unspecified atom stereocenters. The molecule has 0 saturated carbocycles. The van der Waals surface area contributed by atoms with Gasteiger partial charge in [0.2, 0.25) is 5.91 Å². The first-order chi connectivity index (χ1) is 11.4. The van der Waals surface area contributed by atoms with Crippen molar-refractivity contribution >= 4 is 11.8 Å². The summed E-state index contributed by atoms with van der Waals surface area (Å²) in [5, 5.41) is 17.5. The smallest absolute Gasteiger partial charge is 0.255 e. The average Bonchev–Trinajstić information content (AvgIpc) is 2.83. The number of nitrogens with one attached hydrogen (secondary N) is 1. The van der Waals surface area contributed by atoms with Crippen molar-refractivity contribution in [2.24, 2.45) is 0 Å². The van der Waals surface area contributed by atoms with E-state index < -0.39 is 6.10 Å². The van der Waals surface area contributed by atoms with Crippen molar-refractivity contribution in [1.82, 2.24) is 20.0 Å². The van der Waals surface area contributed by atoms with Gasteiger partial charge in [-0.3, -0.25) is 14.3 Å². The van der Waals surface area contributed by atoms with Crippen molar-refractivity contribution in [1.29, 1.82) is 0 Å². The summed E-state index contributed by atoms with van der Waals surface area (Å²) in [5.74, 6) is -0.386. The number of aromatic nitrogens is 2. The number of amides is 2. The molecule has 0 spiro atoms. The number of carbonyl (C=O) groups is 2. The van der Waals surface area contributed by atoms with Gasteiger partial charge in [0.25, 0.3) is 5.91 Å². The van der Waals surface area contributed by atoms with Gasteiger partial charge in [-0.1, -0.05) is 0 Å². The Morgan fingerprint density at radius 1 is 1.42 bits per heavy atom. The summed E-state index contributed by atoms with van der Waals surface area (Å²) >= 11 is 0. The number of aliphatic hydroxyl groups is 1. The summed E-state index contributed by atoms with van der Waals surface area (Å²) in [7, 11) is 1.46. The number of piperidine rings is 1. The van der Waals surface area contributed by atoms with E-state index in [1.807, 2.05) is 13.8 Å². The van der Waals surface area contributed by atoms with Gasteiger partial charge in [0.1, 0.15) is 6.61 Å². The average molecular weight is 338 g/mol. The lowest BCUT2D eigenvalue weighted by atomic mass is 10.0. The van der Waals surface area contributed by atoms with E-state index in [1.165, 1.54) is 7.11 Å². The Morgan fingerprint density at radius 3 is 2.67 bits per heavy atom. The molecule has 2 N–H and O–H groups in total. The van der Waals surface area contributed by atoms with Crippen LogP contribution >= 0.6 is 0 Å². The Hall–Kier alpha value is -1.93. The highest BCUT2D eigenvalue weighted by atomic mass is 16.5. The minimum atomic E-state index is -0.801. The summed E-state index contributed by atoms with van der Waals surface area (Å²) in [6.45, 7) is 7.01. The molecule has 1 aromatic rings. The van der Waals surface area contributed by atoms with E-state index in [-0.39, 0.29) is 31.0 Å². The molecular formula is C16H26N4O4. The molecule has 2 atom stereocenters. The van der Waals surface area contributed by atoms with Gasteiger partial charge >= 0.3 is 0 Å². The lowest BCUT2D eigenvalue weighted by Crippen LogP contribution is -2.55. The molecule has 0 radical (unpaired) electrons. The van der Waals surface area contributed by atoms with E-state index in [9.17, 15) is 14.7 Å². The van der Waals surface area contributed by atoms with Gasteiger partial charge in [0, 0.05) is 32.4 Å². The molecule has 1 aromatic heterocycles.